The lowest BCUT2D eigenvalue weighted by Gasteiger charge is -2.21. The maximum atomic E-state index is 12.7. The van der Waals surface area contributed by atoms with E-state index in [0.29, 0.717) is 0 Å². The van der Waals surface area contributed by atoms with Crippen LogP contribution in [-0.4, -0.2) is 44.1 Å². The summed E-state index contributed by atoms with van der Waals surface area (Å²) in [4.78, 5) is 38.7. The van der Waals surface area contributed by atoms with Crippen molar-refractivity contribution in [3.8, 4) is 5.69 Å². The number of carbonyl (C=O) groups is 2. The molecule has 0 bridgehead atoms. The average Bonchev–Trinajstić information content (AvgIpc) is 3.23. The fraction of sp³-hybridized carbons (Fsp3) is 0.278. The first-order valence-corrected chi connectivity index (χ1v) is 10.6. The Morgan fingerprint density at radius 2 is 1.71 bits per heavy atom. The molecule has 9 nitrogen and oxygen atoms in total. The Balaban J connectivity index is 2.02. The zero-order valence-electron chi connectivity index (χ0n) is 15.1. The van der Waals surface area contributed by atoms with E-state index in [2.05, 4.69) is 10.2 Å². The van der Waals surface area contributed by atoms with Crippen LogP contribution in [0.3, 0.4) is 0 Å². The van der Waals surface area contributed by atoms with E-state index in [9.17, 15) is 22.8 Å². The number of anilines is 2. The van der Waals surface area contributed by atoms with E-state index in [-0.39, 0.29) is 27.5 Å². The number of nitrogens with zero attached hydrogens (tertiary/aromatic N) is 2. The van der Waals surface area contributed by atoms with Crippen molar-refractivity contribution in [2.45, 2.75) is 17.7 Å². The number of imide groups is 1. The van der Waals surface area contributed by atoms with Crippen molar-refractivity contribution in [2.24, 2.45) is 0 Å². The van der Waals surface area contributed by atoms with Crippen LogP contribution < -0.4 is 21.5 Å². The molecule has 1 saturated heterocycles. The van der Waals surface area contributed by atoms with E-state index in [1.807, 2.05) is 0 Å². The maximum absolute atomic E-state index is 12.7. The summed E-state index contributed by atoms with van der Waals surface area (Å²) >= 11 is 0. The number of nitrogens with two attached hydrogens (primary N) is 1. The standard InChI is InChI=1S/C18H18N4O5S/c1-28(26,27)13-5-4-10(21-6-2-3-7-21)8-12(13)22-14(23)9-11-15(16(22)19)18(25)20-17(11)24/h4-5,8-9H,2-3,6-7,19H2,1H3,(H,20,24,25). The lowest BCUT2D eigenvalue weighted by molar-refractivity contribution is 0.0880. The van der Waals surface area contributed by atoms with Gasteiger partial charge in [0, 0.05) is 31.1 Å². The number of benzene rings is 1. The Hall–Kier alpha value is -3.14. The lowest BCUT2D eigenvalue weighted by atomic mass is 10.1. The van der Waals surface area contributed by atoms with Crippen LogP contribution in [0.2, 0.25) is 0 Å². The Morgan fingerprint density at radius 1 is 1.04 bits per heavy atom. The first-order chi connectivity index (χ1) is 13.2. The monoisotopic (exact) mass is 402 g/mol. The molecule has 0 aliphatic carbocycles. The van der Waals surface area contributed by atoms with Crippen LogP contribution in [0.1, 0.15) is 33.6 Å². The fourth-order valence-electron chi connectivity index (χ4n) is 3.69. The van der Waals surface area contributed by atoms with Crippen LogP contribution in [0.25, 0.3) is 5.69 Å². The number of sulfone groups is 1. The van der Waals surface area contributed by atoms with Crippen molar-refractivity contribution < 1.29 is 18.0 Å². The average molecular weight is 402 g/mol. The van der Waals surface area contributed by atoms with Gasteiger partial charge in [-0.15, -0.1) is 0 Å². The molecule has 2 aliphatic heterocycles. The van der Waals surface area contributed by atoms with Gasteiger partial charge >= 0.3 is 0 Å². The van der Waals surface area contributed by atoms with Crippen LogP contribution >= 0.6 is 0 Å². The second kappa shape index (κ2) is 6.20. The quantitative estimate of drug-likeness (QED) is 0.706. The molecule has 1 aromatic carbocycles. The highest BCUT2D eigenvalue weighted by molar-refractivity contribution is 7.90. The number of hydrogen-bond donors (Lipinski definition) is 2. The molecule has 3 heterocycles. The number of pyridine rings is 1. The van der Waals surface area contributed by atoms with Crippen molar-refractivity contribution in [3.05, 3.63) is 45.7 Å². The van der Waals surface area contributed by atoms with Gasteiger partial charge in [-0.3, -0.25) is 24.3 Å². The summed E-state index contributed by atoms with van der Waals surface area (Å²) in [5, 5.41) is 2.09. The number of nitrogens with one attached hydrogen (secondary N) is 1. The molecule has 2 aromatic rings. The van der Waals surface area contributed by atoms with Crippen LogP contribution in [0, 0.1) is 0 Å². The Labute approximate surface area is 160 Å². The first kappa shape index (κ1) is 18.2. The predicted molar refractivity (Wildman–Crippen MR) is 103 cm³/mol. The van der Waals surface area contributed by atoms with Gasteiger partial charge in [-0.1, -0.05) is 0 Å². The van der Waals surface area contributed by atoms with Gasteiger partial charge in [0.1, 0.15) is 5.82 Å². The lowest BCUT2D eigenvalue weighted by Crippen LogP contribution is -2.26. The fourth-order valence-corrected chi connectivity index (χ4v) is 4.54. The topological polar surface area (TPSA) is 132 Å². The molecule has 28 heavy (non-hydrogen) atoms. The molecule has 1 aromatic heterocycles. The summed E-state index contributed by atoms with van der Waals surface area (Å²) in [6.07, 6.45) is 3.07. The van der Waals surface area contributed by atoms with E-state index in [0.717, 1.165) is 48.5 Å². The number of nitrogen functional groups attached to an aromatic ring is 1. The van der Waals surface area contributed by atoms with E-state index in [4.69, 9.17) is 5.73 Å². The van der Waals surface area contributed by atoms with Crippen LogP contribution in [0.5, 0.6) is 0 Å². The normalized spacial score (nSPS) is 16.4. The van der Waals surface area contributed by atoms with E-state index in [1.54, 1.807) is 12.1 Å². The summed E-state index contributed by atoms with van der Waals surface area (Å²) in [5.41, 5.74) is 5.96. The largest absolute Gasteiger partial charge is 0.384 e. The number of rotatable bonds is 3. The number of fused-ring (bicyclic) bond motifs is 1. The zero-order valence-corrected chi connectivity index (χ0v) is 15.9. The van der Waals surface area contributed by atoms with Gasteiger partial charge in [0.25, 0.3) is 17.4 Å². The number of aromatic nitrogens is 1. The molecule has 0 saturated carbocycles. The highest BCUT2D eigenvalue weighted by Crippen LogP contribution is 2.30. The summed E-state index contributed by atoms with van der Waals surface area (Å²) in [5.74, 6) is -1.69. The molecule has 0 unspecified atom stereocenters. The summed E-state index contributed by atoms with van der Waals surface area (Å²) in [7, 11) is -3.70. The van der Waals surface area contributed by atoms with Crippen LogP contribution in [0.15, 0.2) is 34.0 Å². The summed E-state index contributed by atoms with van der Waals surface area (Å²) in [6, 6.07) is 5.71. The van der Waals surface area contributed by atoms with Gasteiger partial charge < -0.3 is 10.6 Å². The zero-order chi connectivity index (χ0) is 20.2. The van der Waals surface area contributed by atoms with Gasteiger partial charge in [0.05, 0.1) is 21.7 Å². The highest BCUT2D eigenvalue weighted by Gasteiger charge is 2.33. The van der Waals surface area contributed by atoms with E-state index in [1.165, 1.54) is 6.07 Å². The molecule has 2 aliphatic rings. The Kier molecular flexibility index (Phi) is 4.03. The van der Waals surface area contributed by atoms with E-state index >= 15 is 0 Å². The van der Waals surface area contributed by atoms with Gasteiger partial charge in [-0.25, -0.2) is 8.42 Å². The molecule has 4 rings (SSSR count). The minimum atomic E-state index is -3.70. The highest BCUT2D eigenvalue weighted by atomic mass is 32.2. The van der Waals surface area contributed by atoms with Gasteiger partial charge in [-0.2, -0.15) is 0 Å². The van der Waals surface area contributed by atoms with Crippen LogP contribution in [-0.2, 0) is 9.84 Å². The molecule has 3 N–H and O–H groups in total. The third-order valence-corrected chi connectivity index (χ3v) is 6.15. The minimum absolute atomic E-state index is 0.0596. The molecule has 0 spiro atoms. The Bertz CT molecular complexity index is 1190. The van der Waals surface area contributed by atoms with Crippen molar-refractivity contribution in [2.75, 3.05) is 30.0 Å². The molecular weight excluding hydrogens is 384 g/mol. The summed E-state index contributed by atoms with van der Waals surface area (Å²) < 4.78 is 25.6. The third kappa shape index (κ3) is 2.76. The smallest absolute Gasteiger partial charge is 0.262 e. The maximum Gasteiger partial charge on any atom is 0.262 e. The molecule has 146 valence electrons. The Morgan fingerprint density at radius 3 is 2.36 bits per heavy atom. The van der Waals surface area contributed by atoms with Crippen LogP contribution in [0.4, 0.5) is 11.5 Å². The van der Waals surface area contributed by atoms with Crippen molar-refractivity contribution in [1.82, 2.24) is 9.88 Å². The number of carbonyl (C=O) groups excluding carboxylic acids is 2. The molecule has 0 radical (unpaired) electrons. The van der Waals surface area contributed by atoms with Gasteiger partial charge in [0.2, 0.25) is 0 Å². The molecular formula is C18H18N4O5S. The predicted octanol–water partition coefficient (Wildman–Crippen LogP) is 0.307. The van der Waals surface area contributed by atoms with E-state index < -0.39 is 27.2 Å². The van der Waals surface area contributed by atoms with Crippen molar-refractivity contribution in [3.63, 3.8) is 0 Å². The SMILES string of the molecule is CS(=O)(=O)c1ccc(N2CCCC2)cc1-n1c(N)c2c(cc1=O)C(=O)NC2=O. The van der Waals surface area contributed by atoms with Crippen molar-refractivity contribution >= 4 is 33.2 Å². The second-order valence-electron chi connectivity index (χ2n) is 6.89. The van der Waals surface area contributed by atoms with Crippen molar-refractivity contribution in [1.29, 1.82) is 0 Å². The summed E-state index contributed by atoms with van der Waals surface area (Å²) in [6.45, 7) is 1.65. The third-order valence-electron chi connectivity index (χ3n) is 5.01. The number of amides is 2. The molecule has 0 atom stereocenters. The first-order valence-electron chi connectivity index (χ1n) is 8.69. The number of hydrogen-bond acceptors (Lipinski definition) is 7. The molecule has 10 heteroatoms. The molecule has 2 amide bonds. The second-order valence-corrected chi connectivity index (χ2v) is 8.88. The molecule has 1 fully saturated rings. The van der Waals surface area contributed by atoms with Gasteiger partial charge in [0.15, 0.2) is 9.84 Å². The van der Waals surface area contributed by atoms with Gasteiger partial charge in [-0.05, 0) is 31.0 Å². The minimum Gasteiger partial charge on any atom is -0.384 e.